The lowest BCUT2D eigenvalue weighted by Gasteiger charge is -2.34. The molecule has 0 aliphatic carbocycles. The van der Waals surface area contributed by atoms with Crippen molar-refractivity contribution < 1.29 is 9.29 Å². The van der Waals surface area contributed by atoms with E-state index in [0.29, 0.717) is 10.6 Å². The van der Waals surface area contributed by atoms with Crippen molar-refractivity contribution in [3.63, 3.8) is 0 Å². The number of hydrogen-bond acceptors (Lipinski definition) is 5. The van der Waals surface area contributed by atoms with E-state index in [1.807, 2.05) is 32.3 Å². The van der Waals surface area contributed by atoms with Crippen LogP contribution in [0.1, 0.15) is 0 Å². The molecular formula is C15H24N4O2S. The third-order valence-corrected chi connectivity index (χ3v) is 4.56. The zero-order chi connectivity index (χ0) is 16.1. The molecule has 0 N–H and O–H groups in total. The molecule has 122 valence electrons. The van der Waals surface area contributed by atoms with E-state index < -0.39 is 11.4 Å². The summed E-state index contributed by atoms with van der Waals surface area (Å²) in [7, 11) is 7.40. The van der Waals surface area contributed by atoms with Crippen molar-refractivity contribution in [1.29, 1.82) is 0 Å². The van der Waals surface area contributed by atoms with E-state index >= 15 is 0 Å². The molecule has 0 bridgehead atoms. The molecule has 1 aliphatic heterocycles. The lowest BCUT2D eigenvalue weighted by Crippen LogP contribution is -2.44. The maximum Gasteiger partial charge on any atom is 0.226 e. The van der Waals surface area contributed by atoms with Crippen LogP contribution < -0.4 is 9.64 Å². The second kappa shape index (κ2) is 7.71. The van der Waals surface area contributed by atoms with Gasteiger partial charge in [0.1, 0.15) is 17.7 Å². The number of rotatable bonds is 5. The van der Waals surface area contributed by atoms with E-state index in [-0.39, 0.29) is 0 Å². The quantitative estimate of drug-likeness (QED) is 0.460. The van der Waals surface area contributed by atoms with E-state index in [1.54, 1.807) is 18.3 Å². The van der Waals surface area contributed by atoms with Crippen molar-refractivity contribution in [3.05, 3.63) is 18.2 Å². The van der Waals surface area contributed by atoms with Gasteiger partial charge in [-0.25, -0.2) is 0 Å². The van der Waals surface area contributed by atoms with Crippen LogP contribution in [0.25, 0.3) is 0 Å². The van der Waals surface area contributed by atoms with Crippen molar-refractivity contribution in [2.75, 3.05) is 59.3 Å². The molecule has 22 heavy (non-hydrogen) atoms. The normalized spacial score (nSPS) is 17.8. The molecule has 1 fully saturated rings. The zero-order valence-electron chi connectivity index (χ0n) is 13.7. The lowest BCUT2D eigenvalue weighted by molar-refractivity contribution is 0.312. The van der Waals surface area contributed by atoms with Gasteiger partial charge < -0.3 is 24.0 Å². The van der Waals surface area contributed by atoms with Gasteiger partial charge in [0, 0.05) is 52.0 Å². The number of benzene rings is 1. The summed E-state index contributed by atoms with van der Waals surface area (Å²) < 4.78 is 21.8. The Labute approximate surface area is 135 Å². The molecule has 7 heteroatoms. The molecule has 1 aliphatic rings. The summed E-state index contributed by atoms with van der Waals surface area (Å²) in [6.45, 7) is 4.00. The Bertz CT molecular complexity index is 516. The van der Waals surface area contributed by atoms with Gasteiger partial charge in [-0.05, 0) is 23.6 Å². The van der Waals surface area contributed by atoms with Crippen LogP contribution in [0.15, 0.2) is 27.5 Å². The van der Waals surface area contributed by atoms with Crippen LogP contribution >= 0.6 is 0 Å². The van der Waals surface area contributed by atoms with E-state index in [0.717, 1.165) is 31.9 Å². The Morgan fingerprint density at radius 2 is 1.95 bits per heavy atom. The van der Waals surface area contributed by atoms with Crippen LogP contribution in [-0.4, -0.2) is 75.1 Å². The van der Waals surface area contributed by atoms with Crippen LogP contribution in [0.3, 0.4) is 0 Å². The van der Waals surface area contributed by atoms with Crippen LogP contribution in [0, 0.1) is 0 Å². The third-order valence-electron chi connectivity index (χ3n) is 3.58. The first-order chi connectivity index (χ1) is 10.5. The first kappa shape index (κ1) is 16.9. The molecule has 0 aromatic heterocycles. The summed E-state index contributed by atoms with van der Waals surface area (Å²) in [5, 5.41) is 0. The van der Waals surface area contributed by atoms with Crippen LogP contribution in [0.5, 0.6) is 5.75 Å². The highest BCUT2D eigenvalue weighted by molar-refractivity contribution is 7.90. The van der Waals surface area contributed by atoms with Gasteiger partial charge in [-0.1, -0.05) is 0 Å². The molecule has 0 saturated carbocycles. The number of nitrogens with zero attached hydrogens (tertiary/aromatic N) is 4. The third kappa shape index (κ3) is 4.28. The minimum Gasteiger partial charge on any atom is -0.586 e. The summed E-state index contributed by atoms with van der Waals surface area (Å²) in [5.41, 5.74) is 1.07. The monoisotopic (exact) mass is 324 g/mol. The molecule has 1 saturated heterocycles. The largest absolute Gasteiger partial charge is 0.586 e. The molecule has 0 amide bonds. The lowest BCUT2D eigenvalue weighted by atomic mass is 10.2. The Balaban J connectivity index is 2.22. The van der Waals surface area contributed by atoms with Crippen molar-refractivity contribution in [2.45, 2.75) is 4.90 Å². The van der Waals surface area contributed by atoms with Gasteiger partial charge in [-0.2, -0.15) is 0 Å². The van der Waals surface area contributed by atoms with Crippen molar-refractivity contribution in [2.24, 2.45) is 4.40 Å². The number of ether oxygens (including phenoxy) is 1. The number of methoxy groups -OCH3 is 1. The topological polar surface area (TPSA) is 54.4 Å². The minimum absolute atomic E-state index is 0.604. The molecule has 0 radical (unpaired) electrons. The number of hydrogen-bond donors (Lipinski definition) is 0. The first-order valence-electron chi connectivity index (χ1n) is 7.25. The predicted octanol–water partition coefficient (Wildman–Crippen LogP) is 1.06. The number of anilines is 1. The fourth-order valence-electron chi connectivity index (χ4n) is 2.26. The van der Waals surface area contributed by atoms with Crippen molar-refractivity contribution in [3.8, 4) is 5.75 Å². The summed E-state index contributed by atoms with van der Waals surface area (Å²) >= 11 is -1.47. The molecule has 6 nitrogen and oxygen atoms in total. The number of likely N-dealkylation sites (N-methyl/N-ethyl adjacent to an activating group) is 1. The number of piperazine rings is 1. The van der Waals surface area contributed by atoms with Gasteiger partial charge in [0.25, 0.3) is 0 Å². The van der Waals surface area contributed by atoms with Crippen LogP contribution in [0.4, 0.5) is 5.69 Å². The van der Waals surface area contributed by atoms with Gasteiger partial charge in [0.05, 0.1) is 7.11 Å². The Morgan fingerprint density at radius 1 is 1.27 bits per heavy atom. The Hall–Kier alpha value is -1.44. The predicted molar refractivity (Wildman–Crippen MR) is 91.3 cm³/mol. The molecule has 1 unspecified atom stereocenters. The van der Waals surface area contributed by atoms with Gasteiger partial charge in [-0.3, -0.25) is 0 Å². The van der Waals surface area contributed by atoms with E-state index in [2.05, 4.69) is 21.2 Å². The SMILES string of the molecule is COc1ccc(N2CCN(C)CC2)cc1[S+]([O-])N=CN(C)C. The zero-order valence-corrected chi connectivity index (χ0v) is 14.5. The van der Waals surface area contributed by atoms with Gasteiger partial charge in [-0.15, -0.1) is 0 Å². The first-order valence-corrected chi connectivity index (χ1v) is 8.36. The average Bonchev–Trinajstić information content (AvgIpc) is 2.52. The fourth-order valence-corrected chi connectivity index (χ4v) is 3.19. The van der Waals surface area contributed by atoms with Crippen molar-refractivity contribution in [1.82, 2.24) is 9.80 Å². The summed E-state index contributed by atoms with van der Waals surface area (Å²) in [6, 6.07) is 5.81. The second-order valence-corrected chi connectivity index (χ2v) is 6.71. The Morgan fingerprint density at radius 3 is 2.55 bits per heavy atom. The molecule has 0 spiro atoms. The molecule has 2 rings (SSSR count). The highest BCUT2D eigenvalue weighted by Crippen LogP contribution is 2.30. The minimum atomic E-state index is -1.47. The van der Waals surface area contributed by atoms with E-state index in [4.69, 9.17) is 4.74 Å². The summed E-state index contributed by atoms with van der Waals surface area (Å²) in [5.74, 6) is 0.604. The summed E-state index contributed by atoms with van der Waals surface area (Å²) in [6.07, 6.45) is 1.55. The van der Waals surface area contributed by atoms with Gasteiger partial charge >= 0.3 is 0 Å². The maximum absolute atomic E-state index is 12.4. The highest BCUT2D eigenvalue weighted by atomic mass is 32.2. The second-order valence-electron chi connectivity index (χ2n) is 5.56. The smallest absolute Gasteiger partial charge is 0.226 e. The fraction of sp³-hybridized carbons (Fsp3) is 0.533. The molecule has 1 atom stereocenters. The highest BCUT2D eigenvalue weighted by Gasteiger charge is 2.21. The van der Waals surface area contributed by atoms with E-state index in [1.165, 1.54) is 0 Å². The summed E-state index contributed by atoms with van der Waals surface area (Å²) in [4.78, 5) is 6.97. The maximum atomic E-state index is 12.4. The van der Waals surface area contributed by atoms with E-state index in [9.17, 15) is 4.55 Å². The molecule has 1 aromatic rings. The standard InChI is InChI=1S/C15H24N4O2S/c1-17(2)12-16-22(20)15-11-13(5-6-14(15)21-4)19-9-7-18(3)8-10-19/h5-6,11-12H,7-10H2,1-4H3. The van der Waals surface area contributed by atoms with Gasteiger partial charge in [0.15, 0.2) is 5.75 Å². The Kier molecular flexibility index (Phi) is 5.93. The average molecular weight is 324 g/mol. The van der Waals surface area contributed by atoms with Crippen LogP contribution in [0.2, 0.25) is 0 Å². The molecule has 1 aromatic carbocycles. The van der Waals surface area contributed by atoms with Crippen molar-refractivity contribution >= 4 is 23.4 Å². The molecule has 1 heterocycles. The molecular weight excluding hydrogens is 300 g/mol. The van der Waals surface area contributed by atoms with Crippen LogP contribution in [-0.2, 0) is 11.4 Å². The van der Waals surface area contributed by atoms with Gasteiger partial charge in [0.2, 0.25) is 4.90 Å².